The zero-order chi connectivity index (χ0) is 18.2. The molecular formula is C17H26O7. The van der Waals surface area contributed by atoms with Gasteiger partial charge in [0.25, 0.3) is 0 Å². The third-order valence-corrected chi connectivity index (χ3v) is 2.89. The Kier molecular flexibility index (Phi) is 13.4. The van der Waals surface area contributed by atoms with Crippen LogP contribution < -0.4 is 0 Å². The van der Waals surface area contributed by atoms with E-state index in [4.69, 9.17) is 20.1 Å². The molecule has 0 bridgehead atoms. The molecule has 0 heterocycles. The lowest BCUT2D eigenvalue weighted by Gasteiger charge is -2.10. The molecule has 7 nitrogen and oxygen atoms in total. The van der Waals surface area contributed by atoms with Gasteiger partial charge in [-0.2, -0.15) is 0 Å². The number of aliphatic carboxylic acids is 2. The summed E-state index contributed by atoms with van der Waals surface area (Å²) in [6.45, 7) is 0.555. The van der Waals surface area contributed by atoms with Gasteiger partial charge in [0.1, 0.15) is 0 Å². The van der Waals surface area contributed by atoms with E-state index in [1.165, 1.54) is 0 Å². The van der Waals surface area contributed by atoms with Gasteiger partial charge in [-0.25, -0.2) is 0 Å². The number of ether oxygens (including phenoxy) is 1. The van der Waals surface area contributed by atoms with Crippen molar-refractivity contribution in [1.29, 1.82) is 0 Å². The van der Waals surface area contributed by atoms with Crippen molar-refractivity contribution < 1.29 is 34.8 Å². The van der Waals surface area contributed by atoms with Crippen LogP contribution in [0.1, 0.15) is 31.2 Å². The van der Waals surface area contributed by atoms with Crippen LogP contribution >= 0.6 is 0 Å². The Morgan fingerprint density at radius 1 is 1.00 bits per heavy atom. The van der Waals surface area contributed by atoms with Crippen LogP contribution in [-0.2, 0) is 20.7 Å². The molecule has 4 N–H and O–H groups in total. The minimum Gasteiger partial charge on any atom is -0.481 e. The largest absolute Gasteiger partial charge is 0.481 e. The first kappa shape index (κ1) is 22.0. The predicted molar refractivity (Wildman–Crippen MR) is 87.8 cm³/mol. The molecule has 0 radical (unpaired) electrons. The van der Waals surface area contributed by atoms with E-state index in [9.17, 15) is 14.7 Å². The summed E-state index contributed by atoms with van der Waals surface area (Å²) < 4.78 is 5.02. The topological polar surface area (TPSA) is 124 Å². The number of aliphatic hydroxyl groups is 2. The first-order valence-corrected chi connectivity index (χ1v) is 7.80. The van der Waals surface area contributed by atoms with Gasteiger partial charge < -0.3 is 25.2 Å². The lowest BCUT2D eigenvalue weighted by molar-refractivity contribution is -0.139. The molecular weight excluding hydrogens is 316 g/mol. The van der Waals surface area contributed by atoms with Crippen molar-refractivity contribution in [1.82, 2.24) is 0 Å². The van der Waals surface area contributed by atoms with Crippen LogP contribution in [0.3, 0.4) is 0 Å². The normalized spacial score (nSPS) is 11.2. The molecule has 1 unspecified atom stereocenters. The number of carboxylic acid groups (broad SMARTS) is 2. The Balaban J connectivity index is 0.000000470. The van der Waals surface area contributed by atoms with Crippen molar-refractivity contribution in [3.63, 3.8) is 0 Å². The maximum Gasteiger partial charge on any atom is 0.303 e. The van der Waals surface area contributed by atoms with E-state index in [1.807, 2.05) is 30.3 Å². The highest BCUT2D eigenvalue weighted by Crippen LogP contribution is 2.03. The summed E-state index contributed by atoms with van der Waals surface area (Å²) in [6, 6.07) is 9.76. The Bertz CT molecular complexity index is 432. The highest BCUT2D eigenvalue weighted by molar-refractivity contribution is 5.67. The zero-order valence-electron chi connectivity index (χ0n) is 13.6. The van der Waals surface area contributed by atoms with Crippen LogP contribution in [0.4, 0.5) is 0 Å². The van der Waals surface area contributed by atoms with Crippen molar-refractivity contribution in [3.8, 4) is 0 Å². The lowest BCUT2D eigenvalue weighted by Crippen LogP contribution is -2.19. The first-order valence-electron chi connectivity index (χ1n) is 7.80. The summed E-state index contributed by atoms with van der Waals surface area (Å²) in [6.07, 6.45) is 1.11. The molecule has 0 aliphatic heterocycles. The molecule has 136 valence electrons. The van der Waals surface area contributed by atoms with E-state index in [0.29, 0.717) is 19.3 Å². The highest BCUT2D eigenvalue weighted by atomic mass is 16.5. The number of hydrogen-bond acceptors (Lipinski definition) is 5. The summed E-state index contributed by atoms with van der Waals surface area (Å²) in [5.41, 5.74) is 1.09. The molecule has 1 aromatic rings. The van der Waals surface area contributed by atoms with Gasteiger partial charge in [0, 0.05) is 19.3 Å². The molecule has 7 heteroatoms. The monoisotopic (exact) mass is 342 g/mol. The fraction of sp³-hybridized carbons (Fsp3) is 0.529. The van der Waals surface area contributed by atoms with Crippen LogP contribution in [0.2, 0.25) is 0 Å². The van der Waals surface area contributed by atoms with E-state index in [-0.39, 0.29) is 32.7 Å². The Morgan fingerprint density at radius 2 is 1.54 bits per heavy atom. The molecule has 0 aromatic heterocycles. The second kappa shape index (κ2) is 14.6. The minimum atomic E-state index is -0.870. The molecule has 1 atom stereocenters. The molecule has 0 spiro atoms. The molecule has 1 aromatic carbocycles. The lowest BCUT2D eigenvalue weighted by atomic mass is 10.1. The Labute approximate surface area is 141 Å². The van der Waals surface area contributed by atoms with Crippen molar-refractivity contribution >= 4 is 11.9 Å². The fourth-order valence-corrected chi connectivity index (χ4v) is 1.78. The van der Waals surface area contributed by atoms with Crippen LogP contribution in [0.5, 0.6) is 0 Å². The number of rotatable bonds is 11. The van der Waals surface area contributed by atoms with Crippen LogP contribution in [0, 0.1) is 0 Å². The Hall–Kier alpha value is -1.96. The van der Waals surface area contributed by atoms with E-state index in [1.54, 1.807) is 0 Å². The minimum absolute atomic E-state index is 0.00193. The number of hydrogen-bond donors (Lipinski definition) is 4. The number of carboxylic acids is 2. The van der Waals surface area contributed by atoms with Crippen molar-refractivity contribution in [2.45, 2.75) is 38.2 Å². The number of unbranched alkanes of at least 4 members (excludes halogenated alkanes) is 1. The van der Waals surface area contributed by atoms with E-state index in [0.717, 1.165) is 5.56 Å². The molecule has 0 saturated carbocycles. The molecule has 24 heavy (non-hydrogen) atoms. The summed E-state index contributed by atoms with van der Waals surface area (Å²) in [5.74, 6) is -1.74. The van der Waals surface area contributed by atoms with Crippen molar-refractivity contribution in [2.24, 2.45) is 0 Å². The van der Waals surface area contributed by atoms with Crippen molar-refractivity contribution in [2.75, 3.05) is 19.8 Å². The van der Waals surface area contributed by atoms with Crippen LogP contribution in [0.15, 0.2) is 30.3 Å². The van der Waals surface area contributed by atoms with Gasteiger partial charge in [-0.3, -0.25) is 9.59 Å². The molecule has 0 saturated heterocycles. The molecule has 0 aliphatic carbocycles. The number of carbonyl (C=O) groups is 2. The second-order valence-electron chi connectivity index (χ2n) is 5.14. The smallest absolute Gasteiger partial charge is 0.303 e. The summed E-state index contributed by atoms with van der Waals surface area (Å²) in [5, 5.41) is 34.2. The average Bonchev–Trinajstić information content (AvgIpc) is 2.53. The van der Waals surface area contributed by atoms with Crippen molar-refractivity contribution in [3.05, 3.63) is 35.9 Å². The molecule has 0 fully saturated rings. The molecule has 0 aliphatic rings. The van der Waals surface area contributed by atoms with E-state index in [2.05, 4.69) is 0 Å². The third-order valence-electron chi connectivity index (χ3n) is 2.89. The second-order valence-corrected chi connectivity index (χ2v) is 5.14. The number of aliphatic hydroxyl groups excluding tert-OH is 2. The maximum atomic E-state index is 9.90. The van der Waals surface area contributed by atoms with Crippen LogP contribution in [-0.4, -0.2) is 58.3 Å². The van der Waals surface area contributed by atoms with Gasteiger partial charge in [-0.1, -0.05) is 30.3 Å². The fourth-order valence-electron chi connectivity index (χ4n) is 1.78. The molecule has 0 amide bonds. The average molecular weight is 342 g/mol. The quantitative estimate of drug-likeness (QED) is 0.447. The van der Waals surface area contributed by atoms with Gasteiger partial charge in [0.15, 0.2) is 0 Å². The first-order chi connectivity index (χ1) is 11.5. The van der Waals surface area contributed by atoms with Gasteiger partial charge in [-0.05, 0) is 18.4 Å². The third kappa shape index (κ3) is 15.0. The maximum absolute atomic E-state index is 9.90. The summed E-state index contributed by atoms with van der Waals surface area (Å²) >= 11 is 0. The highest BCUT2D eigenvalue weighted by Gasteiger charge is 2.04. The van der Waals surface area contributed by atoms with Gasteiger partial charge in [-0.15, -0.1) is 0 Å². The standard InChI is InChI=1S/C11H16O3.C6H10O4/c12-6-7-14-9-11(13)8-10-4-2-1-3-5-10;7-5(8)3-1-2-4-6(9)10/h1-5,11-13H,6-9H2;1-4H2,(H,7,8)(H,9,10). The number of benzene rings is 1. The zero-order valence-corrected chi connectivity index (χ0v) is 13.6. The molecule has 1 rings (SSSR count). The van der Waals surface area contributed by atoms with Gasteiger partial charge in [0.05, 0.1) is 25.9 Å². The Morgan fingerprint density at radius 3 is 2.00 bits per heavy atom. The van der Waals surface area contributed by atoms with E-state index >= 15 is 0 Å². The predicted octanol–water partition coefficient (Wildman–Crippen LogP) is 1.31. The summed E-state index contributed by atoms with van der Waals surface area (Å²) in [7, 11) is 0. The van der Waals surface area contributed by atoms with Gasteiger partial charge in [0.2, 0.25) is 0 Å². The van der Waals surface area contributed by atoms with E-state index < -0.39 is 18.0 Å². The van der Waals surface area contributed by atoms with Gasteiger partial charge >= 0.3 is 11.9 Å². The summed E-state index contributed by atoms with van der Waals surface area (Å²) in [4.78, 5) is 19.8. The SMILES string of the molecule is O=C(O)CCCCC(=O)O.OCCOCC(O)Cc1ccccc1. The van der Waals surface area contributed by atoms with Crippen LogP contribution in [0.25, 0.3) is 0 Å².